The Morgan fingerprint density at radius 2 is 1.85 bits per heavy atom. The molecule has 0 aliphatic heterocycles. The third-order valence-corrected chi connectivity index (χ3v) is 7.58. The minimum Gasteiger partial charge on any atom is -0.373 e. The SMILES string of the molecule is N#Cc1cnc2c(Cl)cc(N[C@H](c3cn(C4CC4)nn3)c3cccc(Cl)c3Cl)cc2c1Nc1cnc(F)c(F)c1. The van der Waals surface area contributed by atoms with Gasteiger partial charge in [0, 0.05) is 28.9 Å². The van der Waals surface area contributed by atoms with Crippen molar-refractivity contribution in [3.63, 3.8) is 0 Å². The second kappa shape index (κ2) is 10.5. The highest BCUT2D eigenvalue weighted by atomic mass is 35.5. The Labute approximate surface area is 241 Å². The molecule has 3 heterocycles. The fourth-order valence-electron chi connectivity index (χ4n) is 4.36. The number of fused-ring (bicyclic) bond motifs is 1. The van der Waals surface area contributed by atoms with Gasteiger partial charge in [0.05, 0.1) is 62.0 Å². The number of anilines is 3. The van der Waals surface area contributed by atoms with E-state index in [2.05, 4.69) is 37.0 Å². The molecule has 1 aliphatic carbocycles. The molecule has 40 heavy (non-hydrogen) atoms. The Kier molecular flexibility index (Phi) is 6.88. The number of aromatic nitrogens is 5. The summed E-state index contributed by atoms with van der Waals surface area (Å²) in [5, 5.41) is 26.3. The summed E-state index contributed by atoms with van der Waals surface area (Å²) in [5.41, 5.74) is 2.81. The number of benzene rings is 2. The van der Waals surface area contributed by atoms with Gasteiger partial charge in [0.15, 0.2) is 5.82 Å². The highest BCUT2D eigenvalue weighted by molar-refractivity contribution is 6.42. The van der Waals surface area contributed by atoms with E-state index >= 15 is 0 Å². The molecule has 1 saturated carbocycles. The highest BCUT2D eigenvalue weighted by Gasteiger charge is 2.28. The van der Waals surface area contributed by atoms with Crippen molar-refractivity contribution in [2.24, 2.45) is 0 Å². The van der Waals surface area contributed by atoms with Crippen molar-refractivity contribution in [1.29, 1.82) is 5.26 Å². The Bertz CT molecular complexity index is 1820. The van der Waals surface area contributed by atoms with Crippen molar-refractivity contribution < 1.29 is 8.78 Å². The molecule has 2 aromatic carbocycles. The van der Waals surface area contributed by atoms with Crippen LogP contribution in [-0.4, -0.2) is 25.0 Å². The highest BCUT2D eigenvalue weighted by Crippen LogP contribution is 2.40. The third-order valence-electron chi connectivity index (χ3n) is 6.46. The van der Waals surface area contributed by atoms with E-state index in [0.29, 0.717) is 49.6 Å². The predicted molar refractivity (Wildman–Crippen MR) is 149 cm³/mol. The zero-order valence-electron chi connectivity index (χ0n) is 20.3. The molecule has 0 unspecified atom stereocenters. The third kappa shape index (κ3) is 4.99. The smallest absolute Gasteiger partial charge is 0.249 e. The summed E-state index contributed by atoms with van der Waals surface area (Å²) in [5.74, 6) is -2.37. The van der Waals surface area contributed by atoms with Crippen LogP contribution in [0.3, 0.4) is 0 Å². The molecular weight excluding hydrogens is 581 g/mol. The minimum absolute atomic E-state index is 0.137. The van der Waals surface area contributed by atoms with Crippen LogP contribution in [0.1, 0.15) is 41.7 Å². The maximum atomic E-state index is 13.9. The molecule has 6 rings (SSSR count). The zero-order chi connectivity index (χ0) is 28.0. The lowest BCUT2D eigenvalue weighted by Gasteiger charge is -2.21. The normalized spacial score (nSPS) is 13.7. The first-order valence-electron chi connectivity index (χ1n) is 12.0. The number of halogens is 5. The van der Waals surface area contributed by atoms with Gasteiger partial charge in [-0.15, -0.1) is 5.10 Å². The van der Waals surface area contributed by atoms with Crippen LogP contribution in [-0.2, 0) is 0 Å². The van der Waals surface area contributed by atoms with E-state index in [4.69, 9.17) is 34.8 Å². The van der Waals surface area contributed by atoms with Crippen molar-refractivity contribution in [2.75, 3.05) is 10.6 Å². The van der Waals surface area contributed by atoms with Crippen molar-refractivity contribution in [2.45, 2.75) is 24.9 Å². The standard InChI is InChI=1S/C27H17Cl3F2N8/c28-19-3-1-2-17(23(19)30)26(22-12-40(39-38-22)16-4-5-16)36-14-6-18-24(37-15-8-21(31)27(32)35-11-15)13(9-33)10-34-25(18)20(29)7-14/h1-3,6-8,10-12,16,26,36H,4-5H2,(H,34,37)/t26-/m0/s1. The summed E-state index contributed by atoms with van der Waals surface area (Å²) in [6, 6.07) is 11.5. The van der Waals surface area contributed by atoms with E-state index in [1.165, 1.54) is 6.20 Å². The lowest BCUT2D eigenvalue weighted by molar-refractivity contribution is 0.480. The fourth-order valence-corrected chi connectivity index (χ4v) is 5.04. The summed E-state index contributed by atoms with van der Waals surface area (Å²) in [6.07, 6.45) is 6.42. The van der Waals surface area contributed by atoms with Crippen LogP contribution in [0.5, 0.6) is 0 Å². The number of nitrogens with zero attached hydrogens (tertiary/aromatic N) is 6. The van der Waals surface area contributed by atoms with Gasteiger partial charge >= 0.3 is 0 Å². The molecule has 0 spiro atoms. The van der Waals surface area contributed by atoms with E-state index in [-0.39, 0.29) is 16.3 Å². The van der Waals surface area contributed by atoms with Gasteiger partial charge in [-0.25, -0.2) is 14.1 Å². The van der Waals surface area contributed by atoms with E-state index in [1.807, 2.05) is 16.9 Å². The molecule has 13 heteroatoms. The van der Waals surface area contributed by atoms with E-state index in [1.54, 1.807) is 24.3 Å². The number of pyridine rings is 2. The summed E-state index contributed by atoms with van der Waals surface area (Å²) in [4.78, 5) is 7.75. The van der Waals surface area contributed by atoms with E-state index < -0.39 is 17.8 Å². The average molecular weight is 598 g/mol. The topological polar surface area (TPSA) is 104 Å². The van der Waals surface area contributed by atoms with Gasteiger partial charge in [0.25, 0.3) is 0 Å². The molecular formula is C27H17Cl3F2N8. The van der Waals surface area contributed by atoms with Crippen LogP contribution in [0, 0.1) is 23.1 Å². The first kappa shape index (κ1) is 26.2. The Balaban J connectivity index is 1.46. The molecule has 1 aliphatic rings. The number of nitrogens with one attached hydrogen (secondary N) is 2. The van der Waals surface area contributed by atoms with Gasteiger partial charge in [0.2, 0.25) is 5.95 Å². The van der Waals surface area contributed by atoms with Gasteiger partial charge in [0.1, 0.15) is 11.8 Å². The molecule has 200 valence electrons. The van der Waals surface area contributed by atoms with Gasteiger partial charge in [-0.1, -0.05) is 52.1 Å². The Morgan fingerprint density at radius 1 is 1.02 bits per heavy atom. The second-order valence-corrected chi connectivity index (χ2v) is 10.4. The number of hydrogen-bond donors (Lipinski definition) is 2. The summed E-state index contributed by atoms with van der Waals surface area (Å²) in [7, 11) is 0. The molecule has 0 amide bonds. The number of hydrogen-bond acceptors (Lipinski definition) is 7. The van der Waals surface area contributed by atoms with Gasteiger partial charge in [-0.3, -0.25) is 4.98 Å². The van der Waals surface area contributed by atoms with Crippen LogP contribution in [0.25, 0.3) is 10.9 Å². The van der Waals surface area contributed by atoms with Crippen LogP contribution < -0.4 is 10.6 Å². The van der Waals surface area contributed by atoms with Crippen LogP contribution >= 0.6 is 34.8 Å². The largest absolute Gasteiger partial charge is 0.373 e. The molecule has 0 saturated heterocycles. The number of rotatable bonds is 7. The van der Waals surface area contributed by atoms with Crippen LogP contribution in [0.2, 0.25) is 15.1 Å². The number of nitriles is 1. The second-order valence-electron chi connectivity index (χ2n) is 9.21. The first-order chi connectivity index (χ1) is 19.3. The molecule has 1 fully saturated rings. The molecule has 8 nitrogen and oxygen atoms in total. The molecule has 5 aromatic rings. The van der Waals surface area contributed by atoms with E-state index in [0.717, 1.165) is 25.1 Å². The van der Waals surface area contributed by atoms with Gasteiger partial charge in [-0.05, 0) is 31.0 Å². The maximum absolute atomic E-state index is 13.9. The quantitative estimate of drug-likeness (QED) is 0.186. The lowest BCUT2D eigenvalue weighted by atomic mass is 10.0. The van der Waals surface area contributed by atoms with Gasteiger partial charge < -0.3 is 10.6 Å². The minimum atomic E-state index is -1.23. The monoisotopic (exact) mass is 596 g/mol. The molecule has 0 radical (unpaired) electrons. The van der Waals surface area contributed by atoms with Crippen LogP contribution in [0.15, 0.2) is 55.0 Å². The zero-order valence-corrected chi connectivity index (χ0v) is 22.6. The van der Waals surface area contributed by atoms with Gasteiger partial charge in [-0.2, -0.15) is 9.65 Å². The van der Waals surface area contributed by atoms with Crippen molar-refractivity contribution in [1.82, 2.24) is 25.0 Å². The summed E-state index contributed by atoms with van der Waals surface area (Å²) >= 11 is 19.6. The summed E-state index contributed by atoms with van der Waals surface area (Å²) in [6.45, 7) is 0. The summed E-state index contributed by atoms with van der Waals surface area (Å²) < 4.78 is 29.1. The molecule has 2 N–H and O–H groups in total. The predicted octanol–water partition coefficient (Wildman–Crippen LogP) is 7.61. The lowest BCUT2D eigenvalue weighted by Crippen LogP contribution is -2.14. The fraction of sp³-hybridized carbons (Fsp3) is 0.148. The Morgan fingerprint density at radius 3 is 2.60 bits per heavy atom. The van der Waals surface area contributed by atoms with Crippen molar-refractivity contribution in [3.05, 3.63) is 98.6 Å². The maximum Gasteiger partial charge on any atom is 0.249 e. The molecule has 3 aromatic heterocycles. The Hall–Kier alpha value is -4.04. The first-order valence-corrected chi connectivity index (χ1v) is 13.2. The molecule has 0 bridgehead atoms. The van der Waals surface area contributed by atoms with Crippen molar-refractivity contribution in [3.8, 4) is 6.07 Å². The average Bonchev–Trinajstić information content (AvgIpc) is 3.68. The van der Waals surface area contributed by atoms with Crippen LogP contribution in [0.4, 0.5) is 25.8 Å². The molecule has 1 atom stereocenters. The van der Waals surface area contributed by atoms with E-state index in [9.17, 15) is 14.0 Å². The van der Waals surface area contributed by atoms with Crippen molar-refractivity contribution >= 4 is 62.8 Å².